The Labute approximate surface area is 536 Å². The average Bonchev–Trinajstić information content (AvgIpc) is 0.968. The molecule has 4 aromatic carbocycles. The zero-order valence-corrected chi connectivity index (χ0v) is 51.8. The van der Waals surface area contributed by atoms with Crippen LogP contribution in [0.2, 0.25) is 0 Å². The summed E-state index contributed by atoms with van der Waals surface area (Å²) >= 11 is 10.9. The minimum absolute atomic E-state index is 0.111. The topological polar surface area (TPSA) is 481 Å². The number of hydrogen-bond acceptors (Lipinski definition) is 18. The monoisotopic (exact) mass is 1340 g/mol. The van der Waals surface area contributed by atoms with Gasteiger partial charge in [-0.25, -0.2) is 0 Å². The lowest BCUT2D eigenvalue weighted by molar-refractivity contribution is -0.142. The van der Waals surface area contributed by atoms with Gasteiger partial charge in [0.15, 0.2) is 0 Å². The molecule has 0 radical (unpaired) electrons. The second-order valence-corrected chi connectivity index (χ2v) is 23.3. The van der Waals surface area contributed by atoms with Gasteiger partial charge in [-0.1, -0.05) is 104 Å². The van der Waals surface area contributed by atoms with Crippen molar-refractivity contribution in [2.75, 3.05) is 0 Å². The predicted octanol–water partition coefficient (Wildman–Crippen LogP) is 0.529. The summed E-state index contributed by atoms with van der Waals surface area (Å²) in [5, 5.41) is 68.3. The van der Waals surface area contributed by atoms with Gasteiger partial charge in [-0.15, -0.1) is 8.42 Å². The smallest absolute Gasteiger partial charge is 0.500 e. The van der Waals surface area contributed by atoms with Crippen molar-refractivity contribution in [2.45, 2.75) is 127 Å². The summed E-state index contributed by atoms with van der Waals surface area (Å²) in [7, 11) is -4.80. The van der Waals surface area contributed by atoms with Crippen LogP contribution in [-0.2, 0) is 97.8 Å². The van der Waals surface area contributed by atoms with Crippen LogP contribution in [0.3, 0.4) is 0 Å². The maximum absolute atomic E-state index is 14.7. The van der Waals surface area contributed by atoms with E-state index in [2.05, 4.69) is 46.7 Å². The van der Waals surface area contributed by atoms with Crippen LogP contribution in [0.1, 0.15) is 75.1 Å². The lowest BCUT2D eigenvalue weighted by atomic mass is 9.99. The van der Waals surface area contributed by atoms with Crippen molar-refractivity contribution in [3.8, 4) is 17.2 Å². The molecule has 4 aromatic rings. The highest BCUT2D eigenvalue weighted by Gasteiger charge is 2.37. The second-order valence-electron chi connectivity index (χ2n) is 21.1. The van der Waals surface area contributed by atoms with Crippen LogP contribution >= 0.6 is 23.2 Å². The average molecular weight is 1340 g/mol. The summed E-state index contributed by atoms with van der Waals surface area (Å²) in [6.45, 7) is 4.32. The Morgan fingerprint density at radius 1 is 0.478 bits per heavy atom. The molecule has 0 saturated heterocycles. The Morgan fingerprint density at radius 3 is 1.23 bits per heavy atom. The highest BCUT2D eigenvalue weighted by atomic mass is 35.5. The number of aromatic hydroxyl groups is 2. The Hall–Kier alpha value is -10.0. The van der Waals surface area contributed by atoms with Crippen molar-refractivity contribution in [3.63, 3.8) is 0 Å². The first-order chi connectivity index (χ1) is 43.2. The normalized spacial score (nSPS) is 13.6. The van der Waals surface area contributed by atoms with Crippen molar-refractivity contribution in [3.05, 3.63) is 136 Å². The van der Waals surface area contributed by atoms with E-state index in [-0.39, 0.29) is 47.6 Å². The highest BCUT2D eigenvalue weighted by Crippen LogP contribution is 2.20. The van der Waals surface area contributed by atoms with Crippen molar-refractivity contribution < 1.29 is 99.9 Å². The van der Waals surface area contributed by atoms with E-state index in [9.17, 15) is 91.5 Å². The van der Waals surface area contributed by atoms with Gasteiger partial charge in [0.2, 0.25) is 53.2 Å². The number of carbonyl (C=O) groups is 12. The fraction of sp³-hybridized carbons (Fsp3) is 0.356. The van der Waals surface area contributed by atoms with Gasteiger partial charge in [-0.2, -0.15) is 0 Å². The number of primary amides is 1. The van der Waals surface area contributed by atoms with E-state index in [0.717, 1.165) is 19.1 Å². The number of nitrogens with two attached hydrogens (primary N) is 1. The Balaban J connectivity index is 1.70. The number of phenols is 2. The van der Waals surface area contributed by atoms with Crippen LogP contribution in [0.5, 0.6) is 17.2 Å². The molecule has 15 N–H and O–H groups in total. The molecule has 0 heterocycles. The molecular weight excluding hydrogens is 1270 g/mol. The van der Waals surface area contributed by atoms with Gasteiger partial charge in [-0.05, 0) is 77.4 Å². The van der Waals surface area contributed by atoms with Crippen LogP contribution < -0.4 is 52.5 Å². The summed E-state index contributed by atoms with van der Waals surface area (Å²) < 4.78 is 33.5. The number of hydrogen-bond donors (Lipinski definition) is 14. The van der Waals surface area contributed by atoms with Gasteiger partial charge >= 0.3 is 28.3 Å². The third-order valence-electron chi connectivity index (χ3n) is 13.1. The number of carboxylic acid groups (broad SMARTS) is 3. The number of carbonyl (C=O) groups excluding carboxylic acids is 9. The van der Waals surface area contributed by atoms with Crippen LogP contribution in [0.15, 0.2) is 114 Å². The molecule has 0 bridgehead atoms. The third-order valence-corrected chi connectivity index (χ3v) is 14.0. The molecule has 92 heavy (non-hydrogen) atoms. The number of rotatable bonds is 37. The predicted molar refractivity (Wildman–Crippen MR) is 325 cm³/mol. The molecule has 30 nitrogen and oxygen atoms in total. The maximum Gasteiger partial charge on any atom is 0.500 e. The number of benzene rings is 4. The number of amides is 9. The Morgan fingerprint density at radius 2 is 0.826 bits per heavy atom. The minimum atomic E-state index is -4.80. The number of carboxylic acids is 3. The molecule has 0 aromatic heterocycles. The molecule has 0 aliphatic rings. The molecule has 4 rings (SSSR count). The molecule has 0 fully saturated rings. The molecule has 0 aliphatic carbocycles. The first-order valence-corrected chi connectivity index (χ1v) is 30.0. The number of phenolic OH excluding ortho intramolecular Hbond substituents is 2. The summed E-state index contributed by atoms with van der Waals surface area (Å²) in [5.41, 5.74) is 6.94. The molecular formula is C59H69Cl2N9O21S. The van der Waals surface area contributed by atoms with E-state index < -0.39 is 179 Å². The fourth-order valence-electron chi connectivity index (χ4n) is 8.74. The van der Waals surface area contributed by atoms with Gasteiger partial charge < -0.3 is 82.2 Å². The third kappa shape index (κ3) is 27.0. The van der Waals surface area contributed by atoms with Gasteiger partial charge in [0.25, 0.3) is 0 Å². The van der Waals surface area contributed by atoms with E-state index >= 15 is 0 Å². The van der Waals surface area contributed by atoms with Crippen LogP contribution in [-0.4, -0.2) is 153 Å². The zero-order valence-electron chi connectivity index (χ0n) is 49.5. The summed E-state index contributed by atoms with van der Waals surface area (Å²) in [5.74, 6) is -15.9. The first kappa shape index (κ1) is 74.5. The Kier molecular flexibility index (Phi) is 29.1. The van der Waals surface area contributed by atoms with E-state index in [4.69, 9.17) is 33.1 Å². The minimum Gasteiger partial charge on any atom is -0.508 e. The zero-order chi connectivity index (χ0) is 68.4. The second kappa shape index (κ2) is 36.0. The summed E-state index contributed by atoms with van der Waals surface area (Å²) in [4.78, 5) is 161. The lowest BCUT2D eigenvalue weighted by Gasteiger charge is -2.28. The van der Waals surface area contributed by atoms with Crippen LogP contribution in [0.4, 0.5) is 0 Å². The van der Waals surface area contributed by atoms with Gasteiger partial charge in [-0.3, -0.25) is 57.5 Å². The molecule has 9 amide bonds. The van der Waals surface area contributed by atoms with Gasteiger partial charge in [0.05, 0.1) is 12.8 Å². The van der Waals surface area contributed by atoms with Crippen LogP contribution in [0, 0.1) is 5.92 Å². The fourth-order valence-corrected chi connectivity index (χ4v) is 9.54. The number of aliphatic carboxylic acids is 3. The molecule has 0 unspecified atom stereocenters. The number of nitrogens with one attached hydrogen (secondary N) is 8. The number of halogens is 2. The highest BCUT2D eigenvalue weighted by molar-refractivity contribution is 7.82. The molecule has 8 atom stereocenters. The van der Waals surface area contributed by atoms with E-state index in [1.165, 1.54) is 60.7 Å². The molecule has 0 saturated carbocycles. The Bertz CT molecular complexity index is 3430. The lowest BCUT2D eigenvalue weighted by Crippen LogP contribution is -2.61. The first-order valence-electron chi connectivity index (χ1n) is 27.9. The van der Waals surface area contributed by atoms with E-state index in [1.807, 2.05) is 0 Å². The quantitative estimate of drug-likeness (QED) is 0.0274. The van der Waals surface area contributed by atoms with Crippen molar-refractivity contribution in [1.29, 1.82) is 0 Å². The van der Waals surface area contributed by atoms with Crippen molar-refractivity contribution >= 4 is 105 Å². The SMILES string of the molecule is CC(=O)N[C@@H](Cc1ccc(O)cc1)C(=O)N[C@@H](CCC(=O)O)C(=O)N[C@@H](Cc1ccc(OS(=O)(=O)OC=C(Cl)Cl)cc1)C(=O)N[C@@H](CC(C)C)C(=O)N[C@@H](CC(=O)O)C(=O)N[C@@H](Cc1ccc(O)cc1)C(=O)N[C@@H](CC(=O)O)C(=O)N[C@@H](Cc1ccccc1)C(N)=O. The largest absolute Gasteiger partial charge is 0.508 e. The molecule has 0 aliphatic heterocycles. The van der Waals surface area contributed by atoms with E-state index in [1.54, 1.807) is 44.2 Å². The van der Waals surface area contributed by atoms with Gasteiger partial charge in [0, 0.05) is 39.0 Å². The maximum atomic E-state index is 14.7. The molecule has 0 spiro atoms. The molecule has 33 heteroatoms. The van der Waals surface area contributed by atoms with Crippen molar-refractivity contribution in [2.24, 2.45) is 11.7 Å². The molecule has 496 valence electrons. The van der Waals surface area contributed by atoms with E-state index in [0.29, 0.717) is 17.4 Å². The summed E-state index contributed by atoms with van der Waals surface area (Å²) in [6.07, 6.45) is -4.74. The van der Waals surface area contributed by atoms with Crippen LogP contribution in [0.25, 0.3) is 0 Å². The summed E-state index contributed by atoms with van der Waals surface area (Å²) in [6, 6.07) is 9.67. The van der Waals surface area contributed by atoms with Crippen molar-refractivity contribution in [1.82, 2.24) is 42.5 Å². The van der Waals surface area contributed by atoms with Gasteiger partial charge in [0.1, 0.15) is 76.3 Å². The standard InChI is InChI=1S/C59H69Cl2N9O21S/c1-31(2)23-42(54(82)69-47(29-51(78)79)59(87)68-45(26-35-11-17-38(73)18-12-35)57(85)70-46(28-50(76)77)58(86)65-41(52(62)80)24-33-7-5-4-6-8-33)66-56(84)44(27-36-13-19-39(20-14-36)91-92(88,89)90-30-48(60)61)67-53(81)40(21-22-49(74)75)64-55(83)43(63-32(3)71)25-34-9-15-37(72)16-10-34/h4-20,30-31,40-47,72-73H,21-29H2,1-3H3,(H2,62,80)(H,63,71)(H,64,83)(H,65,86)(H,66,84)(H,67,81)(H,68,87)(H,69,82)(H,70,85)(H,74,75)(H,76,77)(H,78,79)/t40-,41-,42-,43-,44-,45-,46-,47-/m0/s1.